The summed E-state index contributed by atoms with van der Waals surface area (Å²) in [6.45, 7) is 2.42. The average Bonchev–Trinajstić information content (AvgIpc) is 3.40. The van der Waals surface area contributed by atoms with E-state index in [0.717, 1.165) is 24.9 Å². The molecule has 0 radical (unpaired) electrons. The van der Waals surface area contributed by atoms with Gasteiger partial charge in [0, 0.05) is 30.7 Å². The molecule has 1 aliphatic rings. The van der Waals surface area contributed by atoms with Crippen molar-refractivity contribution >= 4 is 33.7 Å². The Morgan fingerprint density at radius 1 is 1.13 bits per heavy atom. The lowest BCUT2D eigenvalue weighted by atomic mass is 10.1. The third kappa shape index (κ3) is 3.43. The van der Waals surface area contributed by atoms with Gasteiger partial charge in [-0.15, -0.1) is 0 Å². The van der Waals surface area contributed by atoms with Crippen LogP contribution in [-0.4, -0.2) is 35.1 Å². The maximum atomic E-state index is 12.7. The highest BCUT2D eigenvalue weighted by atomic mass is 16.3. The molecule has 1 aliphatic heterocycles. The zero-order valence-electron chi connectivity index (χ0n) is 16.5. The van der Waals surface area contributed by atoms with E-state index in [9.17, 15) is 9.59 Å². The Labute approximate surface area is 172 Å². The third-order valence-electron chi connectivity index (χ3n) is 5.66. The number of anilines is 1. The monoisotopic (exact) mass is 402 g/mol. The number of carbonyl (C=O) groups excluding carboxylic acids is 1. The Balaban J connectivity index is 1.23. The number of aromatic nitrogens is 2. The molecule has 3 heterocycles. The van der Waals surface area contributed by atoms with Crippen LogP contribution >= 0.6 is 0 Å². The Bertz CT molecular complexity index is 1260. The molecule has 4 aromatic rings. The number of amides is 1. The van der Waals surface area contributed by atoms with Gasteiger partial charge in [0.15, 0.2) is 0 Å². The molecule has 1 amide bonds. The molecular formula is C23H22N4O3. The normalized spacial score (nSPS) is 16.4. The SMILES string of the molecule is O=C(Cn1cnc2c(oc3ccccc32)c1=O)NCC1CCN(c2ccccc2)C1. The minimum atomic E-state index is -0.345. The number of carbonyl (C=O) groups is 1. The van der Waals surface area contributed by atoms with Crippen LogP contribution in [0.1, 0.15) is 6.42 Å². The molecule has 7 nitrogen and oxygen atoms in total. The summed E-state index contributed by atoms with van der Waals surface area (Å²) in [4.78, 5) is 31.9. The second-order valence-corrected chi connectivity index (χ2v) is 7.69. The lowest BCUT2D eigenvalue weighted by molar-refractivity contribution is -0.121. The van der Waals surface area contributed by atoms with Crippen LogP contribution in [0.4, 0.5) is 5.69 Å². The van der Waals surface area contributed by atoms with Crippen molar-refractivity contribution in [3.8, 4) is 0 Å². The van der Waals surface area contributed by atoms with E-state index in [1.807, 2.05) is 36.4 Å². The molecule has 0 bridgehead atoms. The van der Waals surface area contributed by atoms with E-state index in [2.05, 4.69) is 27.3 Å². The molecule has 2 aromatic heterocycles. The summed E-state index contributed by atoms with van der Waals surface area (Å²) >= 11 is 0. The standard InChI is InChI=1S/C23H22N4O3/c28-20(24-12-16-10-11-26(13-16)17-6-2-1-3-7-17)14-27-15-25-21-18-8-4-5-9-19(18)30-22(21)23(27)29/h1-9,15-16H,10-14H2,(H,24,28). The number of para-hydroxylation sites is 2. The van der Waals surface area contributed by atoms with E-state index in [1.165, 1.54) is 16.6 Å². The van der Waals surface area contributed by atoms with Crippen LogP contribution in [0.2, 0.25) is 0 Å². The summed E-state index contributed by atoms with van der Waals surface area (Å²) in [5.41, 5.74) is 2.19. The number of benzene rings is 2. The number of furan rings is 1. The van der Waals surface area contributed by atoms with E-state index in [1.54, 1.807) is 6.07 Å². The number of rotatable bonds is 5. The van der Waals surface area contributed by atoms with Gasteiger partial charge in [-0.1, -0.05) is 30.3 Å². The van der Waals surface area contributed by atoms with Gasteiger partial charge in [0.05, 0.1) is 6.33 Å². The predicted molar refractivity (Wildman–Crippen MR) is 116 cm³/mol. The highest BCUT2D eigenvalue weighted by Gasteiger charge is 2.23. The smallest absolute Gasteiger partial charge is 0.297 e. The fourth-order valence-corrected chi connectivity index (χ4v) is 4.07. The van der Waals surface area contributed by atoms with Crippen molar-refractivity contribution < 1.29 is 9.21 Å². The van der Waals surface area contributed by atoms with E-state index >= 15 is 0 Å². The second kappa shape index (κ2) is 7.67. The van der Waals surface area contributed by atoms with Crippen LogP contribution in [0.15, 0.2) is 70.1 Å². The van der Waals surface area contributed by atoms with Crippen molar-refractivity contribution in [3.63, 3.8) is 0 Å². The van der Waals surface area contributed by atoms with Crippen molar-refractivity contribution in [2.75, 3.05) is 24.5 Å². The topological polar surface area (TPSA) is 80.4 Å². The van der Waals surface area contributed by atoms with Gasteiger partial charge in [0.1, 0.15) is 17.6 Å². The largest absolute Gasteiger partial charge is 0.448 e. The molecule has 5 rings (SSSR count). The molecule has 1 atom stereocenters. The summed E-state index contributed by atoms with van der Waals surface area (Å²) in [7, 11) is 0. The summed E-state index contributed by atoms with van der Waals surface area (Å²) in [6.07, 6.45) is 2.44. The van der Waals surface area contributed by atoms with Crippen LogP contribution in [0, 0.1) is 5.92 Å². The third-order valence-corrected chi connectivity index (χ3v) is 5.66. The molecule has 30 heavy (non-hydrogen) atoms. The molecule has 1 fully saturated rings. The van der Waals surface area contributed by atoms with Crippen LogP contribution in [0.3, 0.4) is 0 Å². The summed E-state index contributed by atoms with van der Waals surface area (Å²) in [6, 6.07) is 17.7. The van der Waals surface area contributed by atoms with Gasteiger partial charge in [-0.2, -0.15) is 0 Å². The van der Waals surface area contributed by atoms with Gasteiger partial charge in [-0.05, 0) is 36.6 Å². The fourth-order valence-electron chi connectivity index (χ4n) is 4.07. The summed E-state index contributed by atoms with van der Waals surface area (Å²) in [5.74, 6) is 0.189. The van der Waals surface area contributed by atoms with Gasteiger partial charge in [0.2, 0.25) is 11.5 Å². The average molecular weight is 402 g/mol. The Morgan fingerprint density at radius 3 is 2.80 bits per heavy atom. The molecule has 0 spiro atoms. The van der Waals surface area contributed by atoms with Crippen molar-refractivity contribution in [1.29, 1.82) is 0 Å². The Kier molecular flexibility index (Phi) is 4.71. The lowest BCUT2D eigenvalue weighted by Gasteiger charge is -2.18. The molecule has 7 heteroatoms. The first-order chi connectivity index (χ1) is 14.7. The van der Waals surface area contributed by atoms with E-state index in [4.69, 9.17) is 4.42 Å². The molecule has 1 N–H and O–H groups in total. The zero-order valence-corrected chi connectivity index (χ0v) is 16.5. The zero-order chi connectivity index (χ0) is 20.5. The first kappa shape index (κ1) is 18.4. The number of hydrogen-bond acceptors (Lipinski definition) is 5. The molecule has 152 valence electrons. The minimum absolute atomic E-state index is 0.0755. The van der Waals surface area contributed by atoms with Gasteiger partial charge in [-0.25, -0.2) is 4.98 Å². The number of fused-ring (bicyclic) bond motifs is 3. The predicted octanol–water partition coefficient (Wildman–Crippen LogP) is 2.79. The van der Waals surface area contributed by atoms with Gasteiger partial charge in [-0.3, -0.25) is 14.2 Å². The van der Waals surface area contributed by atoms with E-state index < -0.39 is 0 Å². The molecule has 2 aromatic carbocycles. The van der Waals surface area contributed by atoms with E-state index in [0.29, 0.717) is 23.6 Å². The summed E-state index contributed by atoms with van der Waals surface area (Å²) < 4.78 is 6.96. The van der Waals surface area contributed by atoms with Crippen molar-refractivity contribution in [3.05, 3.63) is 71.3 Å². The Hall–Kier alpha value is -3.61. The number of hydrogen-bond donors (Lipinski definition) is 1. The second-order valence-electron chi connectivity index (χ2n) is 7.69. The molecule has 1 unspecified atom stereocenters. The van der Waals surface area contributed by atoms with Crippen molar-refractivity contribution in [1.82, 2.24) is 14.9 Å². The van der Waals surface area contributed by atoms with E-state index in [-0.39, 0.29) is 23.6 Å². The first-order valence-electron chi connectivity index (χ1n) is 10.1. The minimum Gasteiger partial charge on any atom is -0.448 e. The quantitative estimate of drug-likeness (QED) is 0.555. The van der Waals surface area contributed by atoms with Crippen LogP contribution in [0.5, 0.6) is 0 Å². The van der Waals surface area contributed by atoms with Crippen LogP contribution in [-0.2, 0) is 11.3 Å². The molecule has 1 saturated heterocycles. The maximum Gasteiger partial charge on any atom is 0.297 e. The van der Waals surface area contributed by atoms with Gasteiger partial charge in [0.25, 0.3) is 5.56 Å². The number of nitrogens with zero attached hydrogens (tertiary/aromatic N) is 3. The van der Waals surface area contributed by atoms with Gasteiger partial charge >= 0.3 is 0 Å². The highest BCUT2D eigenvalue weighted by molar-refractivity contribution is 6.01. The first-order valence-corrected chi connectivity index (χ1v) is 10.1. The van der Waals surface area contributed by atoms with Gasteiger partial charge < -0.3 is 14.6 Å². The van der Waals surface area contributed by atoms with Crippen molar-refractivity contribution in [2.45, 2.75) is 13.0 Å². The Morgan fingerprint density at radius 2 is 1.93 bits per heavy atom. The van der Waals surface area contributed by atoms with Crippen LogP contribution < -0.4 is 15.8 Å². The van der Waals surface area contributed by atoms with Crippen LogP contribution in [0.25, 0.3) is 22.1 Å². The molecule has 0 aliphatic carbocycles. The number of nitrogens with one attached hydrogen (secondary N) is 1. The van der Waals surface area contributed by atoms with Crippen molar-refractivity contribution in [2.24, 2.45) is 5.92 Å². The summed E-state index contributed by atoms with van der Waals surface area (Å²) in [5, 5.41) is 3.76. The highest BCUT2D eigenvalue weighted by Crippen LogP contribution is 2.24. The molecule has 0 saturated carbocycles. The maximum absolute atomic E-state index is 12.7. The lowest BCUT2D eigenvalue weighted by Crippen LogP contribution is -2.35. The fraction of sp³-hybridized carbons (Fsp3) is 0.261. The molecular weight excluding hydrogens is 380 g/mol.